The molecule has 0 saturated heterocycles. The molecule has 0 aliphatic heterocycles. The normalized spacial score (nSPS) is 36.0. The minimum Gasteiger partial charge on any atom is -0.481 e. The Morgan fingerprint density at radius 2 is 1.69 bits per heavy atom. The van der Waals surface area contributed by atoms with Gasteiger partial charge in [0.25, 0.3) is 5.56 Å². The number of fused-ring (bicyclic) bond motifs is 7. The number of allylic oxidation sites excluding steroid dienone is 2. The van der Waals surface area contributed by atoms with Gasteiger partial charge in [0.1, 0.15) is 6.10 Å². The lowest BCUT2D eigenvalue weighted by atomic mass is 9.33. The number of hydrogen-bond donors (Lipinski definition) is 1. The van der Waals surface area contributed by atoms with Crippen molar-refractivity contribution in [2.24, 2.45) is 57.8 Å². The molecule has 2 unspecified atom stereocenters. The van der Waals surface area contributed by atoms with Crippen LogP contribution in [0, 0.1) is 50.7 Å². The monoisotopic (exact) mass is 761 g/mol. The smallest absolute Gasteiger partial charge is 0.309 e. The van der Waals surface area contributed by atoms with Crippen LogP contribution < -0.4 is 5.56 Å². The molecule has 4 fully saturated rings. The molecule has 54 heavy (non-hydrogen) atoms. The number of pyridine rings is 1. The predicted molar refractivity (Wildman–Crippen MR) is 208 cm³/mol. The van der Waals surface area contributed by atoms with Crippen molar-refractivity contribution in [2.45, 2.75) is 138 Å². The fourth-order valence-electron chi connectivity index (χ4n) is 13.5. The number of esters is 1. The molecular weight excluding hydrogens is 702 g/mol. The van der Waals surface area contributed by atoms with Gasteiger partial charge in [0, 0.05) is 36.6 Å². The lowest BCUT2D eigenvalue weighted by Crippen LogP contribution is -2.66. The van der Waals surface area contributed by atoms with Crippen LogP contribution in [0.4, 0.5) is 0 Å². The van der Waals surface area contributed by atoms with Gasteiger partial charge in [-0.15, -0.1) is 0 Å². The Morgan fingerprint density at radius 3 is 2.31 bits per heavy atom. The molecule has 1 N–H and O–H groups in total. The van der Waals surface area contributed by atoms with Crippen LogP contribution in [-0.2, 0) is 31.6 Å². The molecule has 9 nitrogen and oxygen atoms in total. The van der Waals surface area contributed by atoms with Gasteiger partial charge < -0.3 is 9.84 Å². The lowest BCUT2D eigenvalue weighted by Gasteiger charge is -2.72. The van der Waals surface area contributed by atoms with Gasteiger partial charge in [-0.1, -0.05) is 60.1 Å². The summed E-state index contributed by atoms with van der Waals surface area (Å²) in [6.45, 7) is 19.6. The number of aromatic nitrogens is 3. The number of rotatable bonds is 7. The van der Waals surface area contributed by atoms with E-state index in [4.69, 9.17) is 16.3 Å². The quantitative estimate of drug-likeness (QED) is 0.280. The molecule has 5 aliphatic carbocycles. The molecule has 294 valence electrons. The Hall–Kier alpha value is -3.20. The van der Waals surface area contributed by atoms with Crippen LogP contribution in [0.2, 0.25) is 5.02 Å². The molecule has 8 atom stereocenters. The highest BCUT2D eigenvalue weighted by molar-refractivity contribution is 6.30. The fraction of sp³-hybridized carbons (Fsp3) is 0.705. The van der Waals surface area contributed by atoms with Crippen LogP contribution in [-0.4, -0.2) is 43.3 Å². The summed E-state index contributed by atoms with van der Waals surface area (Å²) >= 11 is 6.15. The Morgan fingerprint density at radius 1 is 0.981 bits per heavy atom. The first-order chi connectivity index (χ1) is 25.0. The number of aliphatic carboxylic acids is 1. The number of Topliss-reactive ketones (excluding diaryl/α,β-unsaturated/α-hetero) is 1. The Kier molecular flexibility index (Phi) is 9.15. The van der Waals surface area contributed by atoms with E-state index in [1.165, 1.54) is 5.57 Å². The largest absolute Gasteiger partial charge is 0.481 e. The SMILES string of the molecule is CC(C)C1=C2C3CC[C@@H]4C5(C)CC[C@H](OC(=O)CC(C)(C)C(=O)O)C(C)(C)[C@@H]5CC[C@@]4(C)[C@]3(C)CC[C@@]2(c2cc(=O)n(-c3ccc(Cl)cn3)n2C)CC1=O. The standard InChI is InChI=1S/C44H60ClN3O6/c1-25(2)36-28(49)22-44(31-21-34(50)48(47(31)10)33-14-11-26(45)24-46-33)20-19-42(8)27(37(36)44)12-13-30-41(7)17-16-32(54-35(51)23-39(3,4)38(52)53)40(5,6)29(41)15-18-43(30,42)9/h11,14,21,24-25,27,29-30,32H,12-13,15-20,22-23H2,1-10H3,(H,52,53)/t27?,29-,30+,32-,41?,42+,43+,44-/m0/s1. The summed E-state index contributed by atoms with van der Waals surface area (Å²) in [5, 5.41) is 10.1. The molecule has 0 bridgehead atoms. The zero-order valence-electron chi connectivity index (χ0n) is 34.0. The summed E-state index contributed by atoms with van der Waals surface area (Å²) in [6, 6.07) is 5.26. The molecule has 0 amide bonds. The third kappa shape index (κ3) is 5.39. The first-order valence-corrected chi connectivity index (χ1v) is 20.5. The Bertz CT molecular complexity index is 1990. The van der Waals surface area contributed by atoms with Crippen molar-refractivity contribution in [3.63, 3.8) is 0 Å². The molecule has 10 heteroatoms. The van der Waals surface area contributed by atoms with Crippen LogP contribution in [0.3, 0.4) is 0 Å². The molecule has 0 spiro atoms. The first-order valence-electron chi connectivity index (χ1n) is 20.2. The van der Waals surface area contributed by atoms with E-state index in [2.05, 4.69) is 53.5 Å². The molecule has 2 heterocycles. The van der Waals surface area contributed by atoms with Crippen molar-refractivity contribution in [1.29, 1.82) is 0 Å². The van der Waals surface area contributed by atoms with E-state index in [1.54, 1.807) is 42.9 Å². The first kappa shape index (κ1) is 39.1. The molecule has 5 aliphatic rings. The van der Waals surface area contributed by atoms with Gasteiger partial charge in [-0.25, -0.2) is 4.98 Å². The number of carbonyl (C=O) groups is 3. The highest BCUT2D eigenvalue weighted by Crippen LogP contribution is 2.76. The third-order valence-corrected chi connectivity index (χ3v) is 16.6. The topological polar surface area (TPSA) is 120 Å². The van der Waals surface area contributed by atoms with Gasteiger partial charge >= 0.3 is 11.9 Å². The van der Waals surface area contributed by atoms with Crippen LogP contribution in [0.25, 0.3) is 5.82 Å². The minimum absolute atomic E-state index is 0.0181. The van der Waals surface area contributed by atoms with Crippen LogP contribution in [0.5, 0.6) is 0 Å². The van der Waals surface area contributed by atoms with Gasteiger partial charge in [-0.2, -0.15) is 4.68 Å². The minimum atomic E-state index is -1.18. The molecular formula is C44H60ClN3O6. The summed E-state index contributed by atoms with van der Waals surface area (Å²) in [5.41, 5.74) is 1.02. The number of hydrogen-bond acceptors (Lipinski definition) is 6. The van der Waals surface area contributed by atoms with Crippen molar-refractivity contribution in [3.05, 3.63) is 56.6 Å². The van der Waals surface area contributed by atoms with Gasteiger partial charge in [-0.05, 0) is 128 Å². The number of carboxylic acids is 1. The van der Waals surface area contributed by atoms with Gasteiger partial charge in [0.15, 0.2) is 11.6 Å². The highest BCUT2D eigenvalue weighted by atomic mass is 35.5. The van der Waals surface area contributed by atoms with E-state index < -0.39 is 22.8 Å². The van der Waals surface area contributed by atoms with E-state index in [9.17, 15) is 24.3 Å². The van der Waals surface area contributed by atoms with E-state index in [0.717, 1.165) is 62.6 Å². The second-order valence-corrected chi connectivity index (χ2v) is 20.5. The zero-order valence-corrected chi connectivity index (χ0v) is 34.7. The number of halogens is 1. The van der Waals surface area contributed by atoms with E-state index >= 15 is 0 Å². The summed E-state index contributed by atoms with van der Waals surface area (Å²) in [5.74, 6) is 0.392. The second-order valence-electron chi connectivity index (χ2n) is 20.0. The van der Waals surface area contributed by atoms with Gasteiger partial charge in [0.05, 0.1) is 22.6 Å². The zero-order chi connectivity index (χ0) is 39.6. The summed E-state index contributed by atoms with van der Waals surface area (Å²) in [7, 11) is 1.92. The highest BCUT2D eigenvalue weighted by Gasteiger charge is 2.70. The van der Waals surface area contributed by atoms with Crippen molar-refractivity contribution in [3.8, 4) is 5.82 Å². The lowest BCUT2D eigenvalue weighted by molar-refractivity contribution is -0.232. The van der Waals surface area contributed by atoms with Crippen molar-refractivity contribution in [1.82, 2.24) is 14.3 Å². The summed E-state index contributed by atoms with van der Waals surface area (Å²) < 4.78 is 9.72. The molecule has 7 rings (SSSR count). The maximum absolute atomic E-state index is 14.3. The fourth-order valence-corrected chi connectivity index (χ4v) is 13.6. The van der Waals surface area contributed by atoms with Gasteiger partial charge in [-0.3, -0.25) is 23.9 Å². The number of carboxylic acid groups (broad SMARTS) is 1. The van der Waals surface area contributed by atoms with E-state index in [0.29, 0.717) is 29.1 Å². The Labute approximate surface area is 325 Å². The number of nitrogens with zero attached hydrogens (tertiary/aromatic N) is 3. The van der Waals surface area contributed by atoms with Crippen LogP contribution in [0.1, 0.15) is 132 Å². The van der Waals surface area contributed by atoms with Crippen molar-refractivity contribution < 1.29 is 24.2 Å². The van der Waals surface area contributed by atoms with E-state index in [1.807, 2.05) is 11.7 Å². The number of ketones is 1. The average molecular weight is 762 g/mol. The molecule has 4 saturated carbocycles. The predicted octanol–water partition coefficient (Wildman–Crippen LogP) is 8.87. The number of ether oxygens (including phenoxy) is 1. The van der Waals surface area contributed by atoms with Crippen LogP contribution in [0.15, 0.2) is 40.3 Å². The summed E-state index contributed by atoms with van der Waals surface area (Å²) in [6.07, 6.45) is 9.18. The maximum atomic E-state index is 14.3. The van der Waals surface area contributed by atoms with Crippen LogP contribution >= 0.6 is 11.6 Å². The average Bonchev–Trinajstić information content (AvgIpc) is 3.55. The molecule has 0 aromatic carbocycles. The third-order valence-electron chi connectivity index (χ3n) is 16.3. The molecule has 0 radical (unpaired) electrons. The van der Waals surface area contributed by atoms with Gasteiger partial charge in [0.2, 0.25) is 0 Å². The summed E-state index contributed by atoms with van der Waals surface area (Å²) in [4.78, 5) is 57.4. The van der Waals surface area contributed by atoms with Crippen molar-refractivity contribution in [2.75, 3.05) is 0 Å². The molecule has 2 aromatic rings. The second kappa shape index (κ2) is 12.7. The maximum Gasteiger partial charge on any atom is 0.309 e. The van der Waals surface area contributed by atoms with E-state index in [-0.39, 0.29) is 57.4 Å². The van der Waals surface area contributed by atoms with Crippen molar-refractivity contribution >= 4 is 29.3 Å². The number of carbonyl (C=O) groups excluding carboxylic acids is 2. The molecule has 2 aromatic heterocycles. The Balaban J connectivity index is 1.24.